The van der Waals surface area contributed by atoms with E-state index >= 15 is 0 Å². The van der Waals surface area contributed by atoms with Gasteiger partial charge in [-0.15, -0.1) is 59.7 Å². The molecule has 0 unspecified atom stereocenters. The van der Waals surface area contributed by atoms with Crippen LogP contribution in [0.4, 0.5) is 0 Å². The Labute approximate surface area is 170 Å². The second kappa shape index (κ2) is 9.49. The van der Waals surface area contributed by atoms with Crippen LogP contribution in [0.15, 0.2) is 97.1 Å². The minimum absolute atomic E-state index is 0. The van der Waals surface area contributed by atoms with Crippen molar-refractivity contribution in [3.05, 3.63) is 108 Å². The SMILES string of the molecule is Cc1ccc(-[c-]2cccc2)cc1.Cc1ccc(-[c-]2cccc2)cc1.[Zr+2]. The van der Waals surface area contributed by atoms with E-state index in [4.69, 9.17) is 0 Å². The second-order valence-corrected chi connectivity index (χ2v) is 6.08. The summed E-state index contributed by atoms with van der Waals surface area (Å²) in [6.07, 6.45) is 0. The zero-order chi connectivity index (χ0) is 16.8. The van der Waals surface area contributed by atoms with Crippen LogP contribution in [0.5, 0.6) is 0 Å². The van der Waals surface area contributed by atoms with Crippen LogP contribution in [-0.4, -0.2) is 0 Å². The zero-order valence-corrected chi connectivity index (χ0v) is 17.2. The largest absolute Gasteiger partial charge is 2.00 e. The third-order valence-corrected chi connectivity index (χ3v) is 4.10. The molecule has 1 heteroatoms. The first-order valence-corrected chi connectivity index (χ1v) is 8.30. The van der Waals surface area contributed by atoms with Gasteiger partial charge in [0, 0.05) is 0 Å². The van der Waals surface area contributed by atoms with Gasteiger partial charge in [0.1, 0.15) is 0 Å². The standard InChI is InChI=1S/2C12H11.Zr/c2*1-10-6-8-12(9-7-10)11-4-2-3-5-11;/h2*2-9H,1H3;/q2*-1;+2. The van der Waals surface area contributed by atoms with Gasteiger partial charge in [-0.25, -0.2) is 0 Å². The van der Waals surface area contributed by atoms with Gasteiger partial charge in [0.2, 0.25) is 0 Å². The van der Waals surface area contributed by atoms with E-state index in [2.05, 4.69) is 111 Å². The summed E-state index contributed by atoms with van der Waals surface area (Å²) in [4.78, 5) is 0. The van der Waals surface area contributed by atoms with Crippen molar-refractivity contribution in [3.8, 4) is 22.3 Å². The monoisotopic (exact) mass is 400 g/mol. The summed E-state index contributed by atoms with van der Waals surface area (Å²) in [5.74, 6) is 0. The Morgan fingerprint density at radius 3 is 1.04 bits per heavy atom. The van der Waals surface area contributed by atoms with Crippen LogP contribution in [0.25, 0.3) is 22.3 Å². The van der Waals surface area contributed by atoms with Gasteiger partial charge in [0.15, 0.2) is 0 Å². The molecule has 0 atom stereocenters. The van der Waals surface area contributed by atoms with Crippen LogP contribution in [0.1, 0.15) is 11.1 Å². The molecule has 0 saturated carbocycles. The van der Waals surface area contributed by atoms with Crippen LogP contribution in [0.3, 0.4) is 0 Å². The minimum atomic E-state index is 0. The molecule has 122 valence electrons. The summed E-state index contributed by atoms with van der Waals surface area (Å²) in [6, 6.07) is 34.0. The van der Waals surface area contributed by atoms with E-state index in [-0.39, 0.29) is 26.2 Å². The van der Waals surface area contributed by atoms with Crippen LogP contribution >= 0.6 is 0 Å². The van der Waals surface area contributed by atoms with Crippen molar-refractivity contribution in [3.63, 3.8) is 0 Å². The molecule has 0 heterocycles. The maximum Gasteiger partial charge on any atom is 2.00 e. The molecule has 4 rings (SSSR count). The predicted octanol–water partition coefficient (Wildman–Crippen LogP) is 6.76. The Balaban J connectivity index is 0.000000173. The van der Waals surface area contributed by atoms with E-state index in [9.17, 15) is 0 Å². The molecule has 0 amide bonds. The van der Waals surface area contributed by atoms with Gasteiger partial charge >= 0.3 is 26.2 Å². The molecular formula is C24H22Zr. The van der Waals surface area contributed by atoms with Gasteiger partial charge in [0.25, 0.3) is 0 Å². The number of aryl methyl sites for hydroxylation is 2. The number of hydrogen-bond acceptors (Lipinski definition) is 0. The van der Waals surface area contributed by atoms with E-state index in [1.165, 1.54) is 33.4 Å². The molecule has 0 radical (unpaired) electrons. The summed E-state index contributed by atoms with van der Waals surface area (Å²) in [7, 11) is 0. The molecule has 0 fully saturated rings. The van der Waals surface area contributed by atoms with Crippen LogP contribution < -0.4 is 0 Å². The average Bonchev–Trinajstić information content (AvgIpc) is 3.31. The molecule has 4 aromatic rings. The summed E-state index contributed by atoms with van der Waals surface area (Å²) in [5.41, 5.74) is 7.82. The molecule has 4 aromatic carbocycles. The van der Waals surface area contributed by atoms with E-state index in [1.807, 2.05) is 0 Å². The quantitative estimate of drug-likeness (QED) is 0.326. The van der Waals surface area contributed by atoms with Crippen molar-refractivity contribution < 1.29 is 26.2 Å². The summed E-state index contributed by atoms with van der Waals surface area (Å²) in [5, 5.41) is 0. The second-order valence-electron chi connectivity index (χ2n) is 6.08. The molecule has 25 heavy (non-hydrogen) atoms. The van der Waals surface area contributed by atoms with E-state index in [1.54, 1.807) is 0 Å². The Morgan fingerprint density at radius 2 is 0.760 bits per heavy atom. The van der Waals surface area contributed by atoms with Gasteiger partial charge < -0.3 is 0 Å². The van der Waals surface area contributed by atoms with Gasteiger partial charge in [-0.05, 0) is 13.8 Å². The fourth-order valence-electron chi connectivity index (χ4n) is 2.62. The van der Waals surface area contributed by atoms with Crippen molar-refractivity contribution in [2.45, 2.75) is 13.8 Å². The molecular weight excluding hydrogens is 379 g/mol. The predicted molar refractivity (Wildman–Crippen MR) is 104 cm³/mol. The van der Waals surface area contributed by atoms with Crippen molar-refractivity contribution in [2.24, 2.45) is 0 Å². The molecule has 0 N–H and O–H groups in total. The first kappa shape index (κ1) is 19.3. The normalized spacial score (nSPS) is 9.68. The number of rotatable bonds is 2. The van der Waals surface area contributed by atoms with Crippen LogP contribution in [0, 0.1) is 13.8 Å². The molecule has 0 nitrogen and oxygen atoms in total. The van der Waals surface area contributed by atoms with E-state index in [0.29, 0.717) is 0 Å². The first-order chi connectivity index (χ1) is 11.7. The Bertz CT molecular complexity index is 758. The van der Waals surface area contributed by atoms with Gasteiger partial charge in [-0.2, -0.15) is 24.3 Å². The van der Waals surface area contributed by atoms with Gasteiger partial charge in [-0.3, -0.25) is 0 Å². The van der Waals surface area contributed by atoms with Gasteiger partial charge in [-0.1, -0.05) is 46.5 Å². The summed E-state index contributed by atoms with van der Waals surface area (Å²) in [6.45, 7) is 4.21. The molecule has 0 spiro atoms. The Hall–Kier alpha value is -1.98. The summed E-state index contributed by atoms with van der Waals surface area (Å²) < 4.78 is 0. The Kier molecular flexibility index (Phi) is 7.35. The fraction of sp³-hybridized carbons (Fsp3) is 0.0833. The van der Waals surface area contributed by atoms with Crippen molar-refractivity contribution >= 4 is 0 Å². The third kappa shape index (κ3) is 5.51. The zero-order valence-electron chi connectivity index (χ0n) is 14.7. The average molecular weight is 402 g/mol. The topological polar surface area (TPSA) is 0 Å². The van der Waals surface area contributed by atoms with Crippen LogP contribution in [0.2, 0.25) is 0 Å². The molecule has 0 saturated heterocycles. The smallest absolute Gasteiger partial charge is 0.152 e. The molecule has 0 aliphatic heterocycles. The third-order valence-electron chi connectivity index (χ3n) is 4.10. The Morgan fingerprint density at radius 1 is 0.480 bits per heavy atom. The van der Waals surface area contributed by atoms with Crippen molar-refractivity contribution in [2.75, 3.05) is 0 Å². The fourth-order valence-corrected chi connectivity index (χ4v) is 2.62. The number of hydrogen-bond donors (Lipinski definition) is 0. The minimum Gasteiger partial charge on any atom is -0.152 e. The van der Waals surface area contributed by atoms with Crippen LogP contribution in [-0.2, 0) is 26.2 Å². The maximum atomic E-state index is 2.16. The van der Waals surface area contributed by atoms with Gasteiger partial charge in [0.05, 0.1) is 0 Å². The molecule has 0 bridgehead atoms. The van der Waals surface area contributed by atoms with Crippen molar-refractivity contribution in [1.82, 2.24) is 0 Å². The first-order valence-electron chi connectivity index (χ1n) is 8.30. The van der Waals surface area contributed by atoms with Crippen molar-refractivity contribution in [1.29, 1.82) is 0 Å². The summed E-state index contributed by atoms with van der Waals surface area (Å²) >= 11 is 0. The maximum absolute atomic E-state index is 2.16. The molecule has 0 aliphatic rings. The van der Waals surface area contributed by atoms with E-state index < -0.39 is 0 Å². The molecule has 0 aliphatic carbocycles. The van der Waals surface area contributed by atoms with E-state index in [0.717, 1.165) is 0 Å². The molecule has 0 aromatic heterocycles. The number of benzene rings is 2.